The summed E-state index contributed by atoms with van der Waals surface area (Å²) in [6.07, 6.45) is -1.00. The first kappa shape index (κ1) is 20.9. The molecule has 148 valence electrons. The van der Waals surface area contributed by atoms with Crippen LogP contribution in [0.5, 0.6) is 0 Å². The van der Waals surface area contributed by atoms with Gasteiger partial charge in [-0.05, 0) is 24.3 Å². The number of hydrogen-bond acceptors (Lipinski definition) is 7. The average Bonchev–Trinajstić information content (AvgIpc) is 3.15. The molecule has 0 aliphatic carbocycles. The van der Waals surface area contributed by atoms with Crippen LogP contribution in [-0.4, -0.2) is 40.4 Å². The van der Waals surface area contributed by atoms with E-state index in [0.717, 1.165) is 4.47 Å². The number of hydroxylamine groups is 1. The molecule has 11 heteroatoms. The molecular formula is C17H14BrClFN3O4S. The number of thiazole rings is 1. The number of carbonyl (C=O) groups is 1. The Labute approximate surface area is 176 Å². The molecule has 0 aliphatic heterocycles. The van der Waals surface area contributed by atoms with E-state index in [-0.39, 0.29) is 16.8 Å². The van der Waals surface area contributed by atoms with Gasteiger partial charge in [-0.3, -0.25) is 9.63 Å². The topological polar surface area (TPSA) is 104 Å². The molecule has 0 saturated heterocycles. The van der Waals surface area contributed by atoms with Crippen LogP contribution in [-0.2, 0) is 4.84 Å². The summed E-state index contributed by atoms with van der Waals surface area (Å²) < 4.78 is 16.3. The molecule has 3 rings (SSSR count). The summed E-state index contributed by atoms with van der Waals surface area (Å²) in [4.78, 5) is 21.5. The number of nitrogens with one attached hydrogen (secondary N) is 2. The van der Waals surface area contributed by atoms with Crippen molar-refractivity contribution in [2.45, 2.75) is 6.10 Å². The number of aromatic nitrogens is 1. The van der Waals surface area contributed by atoms with Gasteiger partial charge in [-0.2, -0.15) is 0 Å². The van der Waals surface area contributed by atoms with E-state index in [4.69, 9.17) is 26.7 Å². The van der Waals surface area contributed by atoms with E-state index in [9.17, 15) is 4.79 Å². The third-order valence-corrected chi connectivity index (χ3v) is 5.31. The lowest BCUT2D eigenvalue weighted by Gasteiger charge is -2.16. The summed E-state index contributed by atoms with van der Waals surface area (Å²) in [6, 6.07) is 6.43. The lowest BCUT2D eigenvalue weighted by Crippen LogP contribution is -2.34. The van der Waals surface area contributed by atoms with Gasteiger partial charge in [-0.15, -0.1) is 11.3 Å². The first-order valence-electron chi connectivity index (χ1n) is 7.90. The molecule has 0 unspecified atom stereocenters. The zero-order valence-corrected chi connectivity index (χ0v) is 17.2. The SMILES string of the molecule is O=C(NOC(CO)CO)c1cc2scnc2c(F)c1Nc1ccc(Br)cc1Cl. The van der Waals surface area contributed by atoms with Crippen LogP contribution in [0.4, 0.5) is 15.8 Å². The van der Waals surface area contributed by atoms with Crippen LogP contribution < -0.4 is 10.8 Å². The maximum atomic E-state index is 15.1. The number of anilines is 2. The van der Waals surface area contributed by atoms with E-state index in [1.54, 1.807) is 18.2 Å². The van der Waals surface area contributed by atoms with Gasteiger partial charge in [0.1, 0.15) is 11.6 Å². The second kappa shape index (κ2) is 9.12. The molecule has 7 nitrogen and oxygen atoms in total. The highest BCUT2D eigenvalue weighted by Crippen LogP contribution is 2.35. The molecule has 0 radical (unpaired) electrons. The Morgan fingerprint density at radius 3 is 2.79 bits per heavy atom. The summed E-state index contributed by atoms with van der Waals surface area (Å²) in [6.45, 7) is -1.00. The smallest absolute Gasteiger partial charge is 0.277 e. The average molecular weight is 491 g/mol. The van der Waals surface area contributed by atoms with Gasteiger partial charge in [0.05, 0.1) is 45.4 Å². The van der Waals surface area contributed by atoms with E-state index in [1.165, 1.54) is 22.9 Å². The lowest BCUT2D eigenvalue weighted by atomic mass is 10.1. The fourth-order valence-corrected chi connectivity index (χ4v) is 3.75. The Balaban J connectivity index is 2.00. The van der Waals surface area contributed by atoms with Crippen molar-refractivity contribution in [1.29, 1.82) is 0 Å². The molecule has 0 saturated carbocycles. The number of nitrogens with zero attached hydrogens (tertiary/aromatic N) is 1. The molecule has 28 heavy (non-hydrogen) atoms. The maximum Gasteiger partial charge on any atom is 0.277 e. The number of carbonyl (C=O) groups excluding carboxylic acids is 1. The van der Waals surface area contributed by atoms with Gasteiger partial charge in [0.2, 0.25) is 0 Å². The standard InChI is InChI=1S/C17H14BrClFN3O4S/c18-8-1-2-12(11(19)3-8)22-15-10(17(26)23-27-9(5-24)6-25)4-13-16(14(15)20)21-7-28-13/h1-4,7,9,22,24-25H,5-6H2,(H,23,26). The molecule has 4 N–H and O–H groups in total. The van der Waals surface area contributed by atoms with Crippen molar-refractivity contribution in [3.63, 3.8) is 0 Å². The van der Waals surface area contributed by atoms with Crippen molar-refractivity contribution in [2.24, 2.45) is 0 Å². The quantitative estimate of drug-likeness (QED) is 0.377. The first-order valence-corrected chi connectivity index (χ1v) is 9.95. The van der Waals surface area contributed by atoms with E-state index in [0.29, 0.717) is 15.4 Å². The minimum Gasteiger partial charge on any atom is -0.393 e. The summed E-state index contributed by atoms with van der Waals surface area (Å²) in [7, 11) is 0. The van der Waals surface area contributed by atoms with Gasteiger partial charge in [-0.25, -0.2) is 14.9 Å². The minimum absolute atomic E-state index is 0.0529. The number of amides is 1. The number of hydrogen-bond donors (Lipinski definition) is 4. The van der Waals surface area contributed by atoms with Gasteiger partial charge in [0.15, 0.2) is 5.82 Å². The zero-order valence-electron chi connectivity index (χ0n) is 14.1. The van der Waals surface area contributed by atoms with E-state index < -0.39 is 31.0 Å². The van der Waals surface area contributed by atoms with Gasteiger partial charge >= 0.3 is 0 Å². The molecule has 1 aromatic heterocycles. The molecule has 0 aliphatic rings. The molecule has 2 aromatic carbocycles. The van der Waals surface area contributed by atoms with Crippen molar-refractivity contribution in [3.05, 3.63) is 50.7 Å². The Kier molecular flexibility index (Phi) is 6.81. The maximum absolute atomic E-state index is 15.1. The van der Waals surface area contributed by atoms with Crippen molar-refractivity contribution in [1.82, 2.24) is 10.5 Å². The zero-order chi connectivity index (χ0) is 20.3. The van der Waals surface area contributed by atoms with Crippen molar-refractivity contribution < 1.29 is 24.2 Å². The summed E-state index contributed by atoms with van der Waals surface area (Å²) in [5.74, 6) is -1.49. The van der Waals surface area contributed by atoms with Crippen LogP contribution in [0, 0.1) is 5.82 Å². The van der Waals surface area contributed by atoms with Crippen LogP contribution in [0.25, 0.3) is 10.2 Å². The third kappa shape index (κ3) is 4.43. The number of aliphatic hydroxyl groups excluding tert-OH is 2. The second-order valence-corrected chi connectivity index (χ2v) is 7.81. The van der Waals surface area contributed by atoms with Crippen LogP contribution in [0.15, 0.2) is 34.2 Å². The number of fused-ring (bicyclic) bond motifs is 1. The van der Waals surface area contributed by atoms with Crippen molar-refractivity contribution in [3.8, 4) is 0 Å². The molecular weight excluding hydrogens is 477 g/mol. The van der Waals surface area contributed by atoms with E-state index in [2.05, 4.69) is 31.7 Å². The predicted molar refractivity (Wildman–Crippen MR) is 109 cm³/mol. The molecule has 0 bridgehead atoms. The predicted octanol–water partition coefficient (Wildman–Crippen LogP) is 3.61. The number of benzene rings is 2. The Morgan fingerprint density at radius 2 is 2.11 bits per heavy atom. The van der Waals surface area contributed by atoms with E-state index >= 15 is 4.39 Å². The van der Waals surface area contributed by atoms with E-state index in [1.807, 2.05) is 0 Å². The molecule has 1 amide bonds. The Hall–Kier alpha value is -1.82. The van der Waals surface area contributed by atoms with Gasteiger partial charge < -0.3 is 15.5 Å². The minimum atomic E-state index is -1.00. The highest BCUT2D eigenvalue weighted by atomic mass is 79.9. The number of halogens is 3. The van der Waals surface area contributed by atoms with Gasteiger partial charge in [0.25, 0.3) is 5.91 Å². The molecule has 3 aromatic rings. The van der Waals surface area contributed by atoms with Crippen molar-refractivity contribution in [2.75, 3.05) is 18.5 Å². The number of rotatable bonds is 7. The molecule has 0 atom stereocenters. The van der Waals surface area contributed by atoms with Crippen molar-refractivity contribution >= 4 is 66.4 Å². The summed E-state index contributed by atoms with van der Waals surface area (Å²) in [5.41, 5.74) is 3.90. The van der Waals surface area contributed by atoms with Gasteiger partial charge in [-0.1, -0.05) is 27.5 Å². The van der Waals surface area contributed by atoms with Crippen LogP contribution in [0.1, 0.15) is 10.4 Å². The summed E-state index contributed by atoms with van der Waals surface area (Å²) in [5, 5.41) is 21.2. The Bertz CT molecular complexity index is 1020. The Morgan fingerprint density at radius 1 is 1.36 bits per heavy atom. The highest BCUT2D eigenvalue weighted by molar-refractivity contribution is 9.10. The number of aliphatic hydroxyl groups is 2. The fourth-order valence-electron chi connectivity index (χ4n) is 2.31. The van der Waals surface area contributed by atoms with Gasteiger partial charge in [0, 0.05) is 4.47 Å². The molecule has 0 spiro atoms. The first-order chi connectivity index (χ1) is 13.4. The second-order valence-electron chi connectivity index (χ2n) is 5.60. The molecule has 0 fully saturated rings. The summed E-state index contributed by atoms with van der Waals surface area (Å²) >= 11 is 10.7. The fraction of sp³-hybridized carbons (Fsp3) is 0.176. The van der Waals surface area contributed by atoms with Crippen LogP contribution >= 0.6 is 38.9 Å². The largest absolute Gasteiger partial charge is 0.393 e. The van der Waals surface area contributed by atoms with Crippen LogP contribution in [0.2, 0.25) is 5.02 Å². The highest BCUT2D eigenvalue weighted by Gasteiger charge is 2.22. The lowest BCUT2D eigenvalue weighted by molar-refractivity contribution is -0.0618. The monoisotopic (exact) mass is 489 g/mol. The molecule has 1 heterocycles. The van der Waals surface area contributed by atoms with Crippen LogP contribution in [0.3, 0.4) is 0 Å². The normalized spacial score (nSPS) is 11.2. The third-order valence-electron chi connectivity index (χ3n) is 3.73.